The number of nitrogens with one attached hydrogen (secondary N) is 1. The lowest BCUT2D eigenvalue weighted by atomic mass is 10.2. The molecule has 112 valence electrons. The fourth-order valence-corrected chi connectivity index (χ4v) is 1.99. The van der Waals surface area contributed by atoms with Crippen LogP contribution in [-0.4, -0.2) is 16.3 Å². The Hall–Kier alpha value is -2.08. The molecule has 0 atom stereocenters. The molecule has 4 nitrogen and oxygen atoms in total. The molecule has 0 bridgehead atoms. The predicted octanol–water partition coefficient (Wildman–Crippen LogP) is 2.32. The van der Waals surface area contributed by atoms with E-state index >= 15 is 0 Å². The first kappa shape index (κ1) is 15.3. The van der Waals surface area contributed by atoms with Crippen molar-refractivity contribution in [1.82, 2.24) is 15.1 Å². The van der Waals surface area contributed by atoms with E-state index in [0.717, 1.165) is 25.1 Å². The van der Waals surface area contributed by atoms with Gasteiger partial charge in [-0.15, -0.1) is 0 Å². The molecule has 1 heterocycles. The Kier molecular flexibility index (Phi) is 4.80. The van der Waals surface area contributed by atoms with Crippen molar-refractivity contribution in [2.75, 3.05) is 6.54 Å². The van der Waals surface area contributed by atoms with Crippen molar-refractivity contribution >= 4 is 0 Å². The van der Waals surface area contributed by atoms with Gasteiger partial charge < -0.3 is 5.32 Å². The minimum atomic E-state index is -0.721. The average molecular weight is 293 g/mol. The van der Waals surface area contributed by atoms with E-state index in [-0.39, 0.29) is 11.1 Å². The Morgan fingerprint density at radius 2 is 2.05 bits per heavy atom. The molecule has 2 aromatic rings. The number of nitrogens with zero attached hydrogens (tertiary/aromatic N) is 2. The highest BCUT2D eigenvalue weighted by Crippen LogP contribution is 2.15. The van der Waals surface area contributed by atoms with E-state index in [1.54, 1.807) is 6.92 Å². The van der Waals surface area contributed by atoms with Crippen LogP contribution in [0.3, 0.4) is 0 Å². The summed E-state index contributed by atoms with van der Waals surface area (Å²) >= 11 is 0. The molecule has 0 saturated heterocycles. The zero-order chi connectivity index (χ0) is 15.4. The van der Waals surface area contributed by atoms with Crippen LogP contribution >= 0.6 is 0 Å². The summed E-state index contributed by atoms with van der Waals surface area (Å²) < 4.78 is 28.2. The average Bonchev–Trinajstić information content (AvgIpc) is 2.42. The third-order valence-corrected chi connectivity index (χ3v) is 3.04. The number of aromatic nitrogens is 2. The molecule has 0 aliphatic carbocycles. The van der Waals surface area contributed by atoms with Crippen LogP contribution in [0, 0.1) is 18.6 Å². The lowest BCUT2D eigenvalue weighted by Gasteiger charge is -2.12. The Labute approximate surface area is 121 Å². The van der Waals surface area contributed by atoms with Gasteiger partial charge in [-0.2, -0.15) is 5.10 Å². The molecule has 1 aromatic carbocycles. The number of hydrogen-bond donors (Lipinski definition) is 1. The topological polar surface area (TPSA) is 46.9 Å². The smallest absolute Gasteiger partial charge is 0.204 e. The van der Waals surface area contributed by atoms with E-state index in [0.29, 0.717) is 17.9 Å². The van der Waals surface area contributed by atoms with Crippen LogP contribution < -0.4 is 10.7 Å². The third kappa shape index (κ3) is 3.52. The summed E-state index contributed by atoms with van der Waals surface area (Å²) in [7, 11) is 0. The van der Waals surface area contributed by atoms with E-state index in [1.165, 1.54) is 16.8 Å². The van der Waals surface area contributed by atoms with Crippen LogP contribution in [-0.2, 0) is 6.54 Å². The molecular formula is C15H17F2N3O. The summed E-state index contributed by atoms with van der Waals surface area (Å²) in [6, 6.07) is 4.66. The predicted molar refractivity (Wildman–Crippen MR) is 76.5 cm³/mol. The highest BCUT2D eigenvalue weighted by Gasteiger charge is 2.11. The summed E-state index contributed by atoms with van der Waals surface area (Å²) in [5, 5.41) is 7.27. The molecule has 0 aliphatic heterocycles. The lowest BCUT2D eigenvalue weighted by molar-refractivity contribution is 0.566. The lowest BCUT2D eigenvalue weighted by Crippen LogP contribution is -2.25. The molecule has 0 fully saturated rings. The Bertz CT molecular complexity index is 698. The van der Waals surface area contributed by atoms with Gasteiger partial charge in [0.2, 0.25) is 5.43 Å². The molecule has 0 radical (unpaired) electrons. The Balaban J connectivity index is 2.43. The largest absolute Gasteiger partial charge is 0.311 e. The summed E-state index contributed by atoms with van der Waals surface area (Å²) in [5.41, 5.74) is 0.711. The van der Waals surface area contributed by atoms with Gasteiger partial charge in [0.25, 0.3) is 0 Å². The first-order valence-corrected chi connectivity index (χ1v) is 6.79. The molecule has 2 rings (SSSR count). The third-order valence-electron chi connectivity index (χ3n) is 3.04. The molecule has 6 heteroatoms. The molecule has 0 saturated carbocycles. The standard InChI is InChI=1S/C15H17F2N3O/c1-3-6-18-9-13-15(21)7-10(2)20(19-13)14-5-4-11(16)8-12(14)17/h4-5,7-8,18H,3,6,9H2,1-2H3. The van der Waals surface area contributed by atoms with Gasteiger partial charge in [0.1, 0.15) is 17.2 Å². The Morgan fingerprint density at radius 1 is 1.29 bits per heavy atom. The van der Waals surface area contributed by atoms with Crippen LogP contribution in [0.5, 0.6) is 0 Å². The quantitative estimate of drug-likeness (QED) is 0.861. The van der Waals surface area contributed by atoms with Gasteiger partial charge in [0.05, 0.1) is 0 Å². The number of aryl methyl sites for hydroxylation is 1. The highest BCUT2D eigenvalue weighted by molar-refractivity contribution is 5.34. The molecule has 21 heavy (non-hydrogen) atoms. The second kappa shape index (κ2) is 6.58. The molecule has 1 N–H and O–H groups in total. The fraction of sp³-hybridized carbons (Fsp3) is 0.333. The van der Waals surface area contributed by atoms with Crippen LogP contribution in [0.1, 0.15) is 24.7 Å². The van der Waals surface area contributed by atoms with Gasteiger partial charge in [-0.3, -0.25) is 4.79 Å². The maximum Gasteiger partial charge on any atom is 0.204 e. The van der Waals surface area contributed by atoms with Crippen molar-refractivity contribution in [1.29, 1.82) is 0 Å². The summed E-state index contributed by atoms with van der Waals surface area (Å²) in [6.07, 6.45) is 0.937. The van der Waals surface area contributed by atoms with Crippen molar-refractivity contribution in [3.05, 3.63) is 57.5 Å². The van der Waals surface area contributed by atoms with Gasteiger partial charge >= 0.3 is 0 Å². The monoisotopic (exact) mass is 293 g/mol. The van der Waals surface area contributed by atoms with Gasteiger partial charge in [-0.05, 0) is 32.0 Å². The van der Waals surface area contributed by atoms with Crippen molar-refractivity contribution in [2.45, 2.75) is 26.8 Å². The number of benzene rings is 1. The summed E-state index contributed by atoms with van der Waals surface area (Å²) in [6.45, 7) is 4.75. The van der Waals surface area contributed by atoms with E-state index in [4.69, 9.17) is 0 Å². The normalized spacial score (nSPS) is 10.9. The van der Waals surface area contributed by atoms with Crippen LogP contribution in [0.2, 0.25) is 0 Å². The van der Waals surface area contributed by atoms with Crippen molar-refractivity contribution < 1.29 is 8.78 Å². The van der Waals surface area contributed by atoms with E-state index in [1.807, 2.05) is 6.92 Å². The van der Waals surface area contributed by atoms with Gasteiger partial charge in [-0.25, -0.2) is 13.5 Å². The van der Waals surface area contributed by atoms with Crippen molar-refractivity contribution in [2.24, 2.45) is 0 Å². The zero-order valence-corrected chi connectivity index (χ0v) is 12.0. The molecule has 0 spiro atoms. The number of halogens is 2. The fourth-order valence-electron chi connectivity index (χ4n) is 1.99. The van der Waals surface area contributed by atoms with Crippen molar-refractivity contribution in [3.63, 3.8) is 0 Å². The van der Waals surface area contributed by atoms with Crippen LogP contribution in [0.25, 0.3) is 5.69 Å². The number of rotatable bonds is 5. The molecular weight excluding hydrogens is 276 g/mol. The van der Waals surface area contributed by atoms with E-state index in [9.17, 15) is 13.6 Å². The minimum Gasteiger partial charge on any atom is -0.311 e. The molecule has 0 amide bonds. The second-order valence-corrected chi connectivity index (χ2v) is 4.78. The Morgan fingerprint density at radius 3 is 2.71 bits per heavy atom. The zero-order valence-electron chi connectivity index (χ0n) is 12.0. The molecule has 0 unspecified atom stereocenters. The summed E-state index contributed by atoms with van der Waals surface area (Å²) in [5.74, 6) is -1.37. The van der Waals surface area contributed by atoms with Gasteiger partial charge in [-0.1, -0.05) is 6.92 Å². The number of hydrogen-bond acceptors (Lipinski definition) is 3. The van der Waals surface area contributed by atoms with Crippen LogP contribution in [0.15, 0.2) is 29.1 Å². The SMILES string of the molecule is CCCNCc1nn(-c2ccc(F)cc2F)c(C)cc1=O. The minimum absolute atomic E-state index is 0.116. The maximum atomic E-state index is 13.9. The van der Waals surface area contributed by atoms with E-state index in [2.05, 4.69) is 10.4 Å². The maximum absolute atomic E-state index is 13.9. The van der Waals surface area contributed by atoms with Gasteiger partial charge in [0.15, 0.2) is 5.82 Å². The first-order chi connectivity index (χ1) is 10.0. The van der Waals surface area contributed by atoms with Gasteiger partial charge in [0, 0.05) is 24.4 Å². The molecule has 1 aromatic heterocycles. The van der Waals surface area contributed by atoms with Crippen LogP contribution in [0.4, 0.5) is 8.78 Å². The molecule has 0 aliphatic rings. The highest BCUT2D eigenvalue weighted by atomic mass is 19.1. The van der Waals surface area contributed by atoms with E-state index < -0.39 is 11.6 Å². The van der Waals surface area contributed by atoms with Crippen molar-refractivity contribution in [3.8, 4) is 5.69 Å². The first-order valence-electron chi connectivity index (χ1n) is 6.79. The summed E-state index contributed by atoms with van der Waals surface area (Å²) in [4.78, 5) is 11.9. The second-order valence-electron chi connectivity index (χ2n) is 4.78.